The minimum Gasteiger partial charge on any atom is -0.399 e. The summed E-state index contributed by atoms with van der Waals surface area (Å²) in [4.78, 5) is 0. The van der Waals surface area contributed by atoms with E-state index in [0.29, 0.717) is 5.70 Å². The highest BCUT2D eigenvalue weighted by Crippen LogP contribution is 2.22. The molecule has 0 saturated carbocycles. The number of rotatable bonds is 10. The van der Waals surface area contributed by atoms with E-state index in [0.717, 1.165) is 17.4 Å². The summed E-state index contributed by atoms with van der Waals surface area (Å²) in [5.74, 6) is 1.80. The fourth-order valence-electron chi connectivity index (χ4n) is 3.33. The van der Waals surface area contributed by atoms with Gasteiger partial charge in [-0.15, -0.1) is 0 Å². The first-order valence-electron chi connectivity index (χ1n) is 19.1. The third-order valence-electron chi connectivity index (χ3n) is 6.56. The molecular weight excluding hydrogens is 555 g/mol. The maximum atomic E-state index is 5.78. The topological polar surface area (TPSA) is 26.0 Å². The van der Waals surface area contributed by atoms with Crippen LogP contribution in [0.1, 0.15) is 196 Å². The molecule has 2 aromatic carbocycles. The molecule has 0 radical (unpaired) electrons. The van der Waals surface area contributed by atoms with Gasteiger partial charge in [-0.2, -0.15) is 0 Å². The second-order valence-corrected chi connectivity index (χ2v) is 12.7. The molecule has 1 heteroatoms. The molecule has 0 fully saturated rings. The molecule has 0 spiro atoms. The first kappa shape index (κ1) is 53.2. The molecule has 0 atom stereocenters. The van der Waals surface area contributed by atoms with E-state index in [1.54, 1.807) is 0 Å². The molecule has 0 unspecified atom stereocenters. The molecule has 270 valence electrons. The zero-order chi connectivity index (χ0) is 36.9. The molecule has 0 aliphatic rings. The number of aryl methyl sites for hydroxylation is 2. The highest BCUT2D eigenvalue weighted by Gasteiger charge is 2.02. The fraction of sp³-hybridized carbons (Fsp3) is 0.644. The Bertz CT molecular complexity index is 894. The number of allylic oxidation sites excluding steroid dienone is 1. The van der Waals surface area contributed by atoms with Crippen molar-refractivity contribution in [3.8, 4) is 0 Å². The lowest BCUT2D eigenvalue weighted by atomic mass is 9.98. The van der Waals surface area contributed by atoms with Gasteiger partial charge in [-0.05, 0) is 66.5 Å². The van der Waals surface area contributed by atoms with E-state index in [9.17, 15) is 0 Å². The van der Waals surface area contributed by atoms with E-state index in [1.807, 2.05) is 19.9 Å². The fourth-order valence-corrected chi connectivity index (χ4v) is 3.33. The maximum absolute atomic E-state index is 5.78. The van der Waals surface area contributed by atoms with Crippen molar-refractivity contribution < 1.29 is 0 Å². The molecule has 0 aromatic heterocycles. The minimum absolute atomic E-state index is 0.604. The molecule has 46 heavy (non-hydrogen) atoms. The summed E-state index contributed by atoms with van der Waals surface area (Å²) in [5, 5.41) is 0. The van der Waals surface area contributed by atoms with E-state index < -0.39 is 0 Å². The number of hydrogen-bond acceptors (Lipinski definition) is 1. The lowest BCUT2D eigenvalue weighted by Gasteiger charge is -2.08. The lowest BCUT2D eigenvalue weighted by Crippen LogP contribution is -1.95. The Morgan fingerprint density at radius 2 is 1.07 bits per heavy atom. The van der Waals surface area contributed by atoms with Crippen molar-refractivity contribution in [1.82, 2.24) is 0 Å². The van der Waals surface area contributed by atoms with Crippen LogP contribution in [0.25, 0.3) is 17.3 Å². The first-order valence-corrected chi connectivity index (χ1v) is 19.1. The number of benzene rings is 2. The van der Waals surface area contributed by atoms with Crippen LogP contribution in [0.3, 0.4) is 0 Å². The zero-order valence-corrected chi connectivity index (χ0v) is 34.6. The van der Waals surface area contributed by atoms with E-state index in [1.165, 1.54) is 92.0 Å². The molecular formula is C45H85N. The van der Waals surface area contributed by atoms with Crippen LogP contribution in [0.15, 0.2) is 49.0 Å². The maximum Gasteiger partial charge on any atom is 0.0314 e. The number of hydrogen-bond donors (Lipinski definition) is 1. The monoisotopic (exact) mass is 640 g/mol. The summed E-state index contributed by atoms with van der Waals surface area (Å²) in [6.45, 7) is 40.6. The summed E-state index contributed by atoms with van der Waals surface area (Å²) in [6.07, 6.45) is 15.6. The second-order valence-electron chi connectivity index (χ2n) is 12.7. The lowest BCUT2D eigenvalue weighted by molar-refractivity contribution is 0.480. The van der Waals surface area contributed by atoms with Crippen LogP contribution < -0.4 is 5.73 Å². The molecule has 0 aliphatic heterocycles. The molecule has 2 N–H and O–H groups in total. The van der Waals surface area contributed by atoms with Crippen molar-refractivity contribution in [1.29, 1.82) is 0 Å². The zero-order valence-electron chi connectivity index (χ0n) is 34.6. The van der Waals surface area contributed by atoms with Crippen molar-refractivity contribution in [2.24, 2.45) is 17.6 Å². The van der Waals surface area contributed by atoms with Crippen LogP contribution >= 0.6 is 0 Å². The molecule has 0 aliphatic carbocycles. The molecule has 2 rings (SSSR count). The Balaban J connectivity index is -0.000000178. The van der Waals surface area contributed by atoms with Crippen LogP contribution in [-0.2, 0) is 0 Å². The molecule has 2 aromatic rings. The number of nitrogens with two attached hydrogens (primary N) is 1. The minimum atomic E-state index is 0.604. The van der Waals surface area contributed by atoms with Gasteiger partial charge < -0.3 is 5.73 Å². The van der Waals surface area contributed by atoms with Crippen LogP contribution in [0, 0.1) is 25.7 Å². The summed E-state index contributed by atoms with van der Waals surface area (Å²) >= 11 is 0. The molecule has 0 heterocycles. The normalized spacial score (nSPS) is 9.67. The van der Waals surface area contributed by atoms with E-state index in [-0.39, 0.29) is 0 Å². The van der Waals surface area contributed by atoms with Gasteiger partial charge in [-0.1, -0.05) is 216 Å². The predicted molar refractivity (Wildman–Crippen MR) is 222 cm³/mol. The SMILES string of the molecule is C=C(N)c1ccc(C)c(/C=C(\C)c2cccc(C)c2)c1.CC.CC(C)C.CCCC.CCCC.CCCC.CCCC(C)CCC. The van der Waals surface area contributed by atoms with E-state index in [4.69, 9.17) is 5.73 Å². The largest absolute Gasteiger partial charge is 0.399 e. The van der Waals surface area contributed by atoms with Gasteiger partial charge in [0.2, 0.25) is 0 Å². The van der Waals surface area contributed by atoms with Gasteiger partial charge >= 0.3 is 0 Å². The summed E-state index contributed by atoms with van der Waals surface area (Å²) in [7, 11) is 0. The molecule has 0 bridgehead atoms. The molecule has 0 saturated heterocycles. The Labute approximate surface area is 293 Å². The van der Waals surface area contributed by atoms with Gasteiger partial charge in [0.1, 0.15) is 0 Å². The van der Waals surface area contributed by atoms with Gasteiger partial charge in [0.05, 0.1) is 0 Å². The van der Waals surface area contributed by atoms with Crippen LogP contribution in [0.5, 0.6) is 0 Å². The Morgan fingerprint density at radius 1 is 0.652 bits per heavy atom. The van der Waals surface area contributed by atoms with Crippen molar-refractivity contribution >= 4 is 17.3 Å². The summed E-state index contributed by atoms with van der Waals surface area (Å²) < 4.78 is 0. The first-order chi connectivity index (χ1) is 21.8. The van der Waals surface area contributed by atoms with Crippen molar-refractivity contribution in [3.05, 3.63) is 76.9 Å². The van der Waals surface area contributed by atoms with Crippen molar-refractivity contribution in [2.45, 2.75) is 182 Å². The Kier molecular flexibility index (Phi) is 47.1. The Hall–Kier alpha value is -2.28. The van der Waals surface area contributed by atoms with E-state index in [2.05, 4.69) is 153 Å². The number of unbranched alkanes of at least 4 members (excludes halogenated alkanes) is 3. The summed E-state index contributed by atoms with van der Waals surface area (Å²) in [5.41, 5.74) is 13.6. The summed E-state index contributed by atoms with van der Waals surface area (Å²) in [6, 6.07) is 14.7. The van der Waals surface area contributed by atoms with Crippen LogP contribution in [-0.4, -0.2) is 0 Å². The standard InChI is InChI=1S/C19H21N.C8H18.4C4H10.C2H6/c1-13-6-5-7-17(10-13)15(3)11-19-12-18(16(4)20)9-8-14(19)2;1-4-6-8(3)7-5-2;1-4(2)3;3*1-3-4-2;1-2/h5-12H,4,20H2,1-3H3;8H,4-7H2,1-3H3;4H,1-3H3;3*3-4H2,1-2H3;1-2H3/b15-11+;;;;;;. The van der Waals surface area contributed by atoms with Gasteiger partial charge in [-0.3, -0.25) is 0 Å². The average Bonchev–Trinajstić information content (AvgIpc) is 3.03. The van der Waals surface area contributed by atoms with Crippen molar-refractivity contribution in [3.63, 3.8) is 0 Å². The predicted octanol–water partition coefficient (Wildman–Crippen LogP) is 16.1. The van der Waals surface area contributed by atoms with Crippen LogP contribution in [0.2, 0.25) is 0 Å². The third-order valence-corrected chi connectivity index (χ3v) is 6.56. The third kappa shape index (κ3) is 39.7. The highest BCUT2D eigenvalue weighted by atomic mass is 14.6. The average molecular weight is 640 g/mol. The Morgan fingerprint density at radius 3 is 1.39 bits per heavy atom. The molecule has 1 nitrogen and oxygen atoms in total. The van der Waals surface area contributed by atoms with Gasteiger partial charge in [-0.25, -0.2) is 0 Å². The quantitative estimate of drug-likeness (QED) is 0.257. The van der Waals surface area contributed by atoms with Crippen molar-refractivity contribution in [2.75, 3.05) is 0 Å². The van der Waals surface area contributed by atoms with Gasteiger partial charge in [0.15, 0.2) is 0 Å². The molecule has 0 amide bonds. The van der Waals surface area contributed by atoms with Crippen LogP contribution in [0.4, 0.5) is 0 Å². The second kappa shape index (κ2) is 40.7. The van der Waals surface area contributed by atoms with E-state index >= 15 is 0 Å². The van der Waals surface area contributed by atoms with Gasteiger partial charge in [0.25, 0.3) is 0 Å². The van der Waals surface area contributed by atoms with Gasteiger partial charge in [0, 0.05) is 5.70 Å². The smallest absolute Gasteiger partial charge is 0.0314 e. The highest BCUT2D eigenvalue weighted by molar-refractivity contribution is 5.82.